The first-order valence-electron chi connectivity index (χ1n) is 5.93. The normalized spacial score (nSPS) is 10.1. The Bertz CT molecular complexity index is 584. The quantitative estimate of drug-likeness (QED) is 0.734. The average Bonchev–Trinajstić information content (AvgIpc) is 2.36. The van der Waals surface area contributed by atoms with Gasteiger partial charge in [0.2, 0.25) is 0 Å². The number of pyridine rings is 1. The number of aryl methyl sites for hydroxylation is 2. The highest BCUT2D eigenvalue weighted by molar-refractivity contribution is 5.81. The summed E-state index contributed by atoms with van der Waals surface area (Å²) in [5.41, 5.74) is 8.66. The van der Waals surface area contributed by atoms with E-state index < -0.39 is 6.09 Å². The molecule has 0 saturated heterocycles. The molecule has 5 heteroatoms. The van der Waals surface area contributed by atoms with Gasteiger partial charge in [-0.1, -0.05) is 12.1 Å². The SMILES string of the molecule is Nc1cccc(CCc2ccnc(NC(=O)O)c2)c1. The molecule has 5 nitrogen and oxygen atoms in total. The van der Waals surface area contributed by atoms with Crippen molar-refractivity contribution in [3.63, 3.8) is 0 Å². The number of rotatable bonds is 4. The van der Waals surface area contributed by atoms with Crippen LogP contribution in [0, 0.1) is 0 Å². The third-order valence-electron chi connectivity index (χ3n) is 2.71. The molecule has 0 aliphatic heterocycles. The predicted octanol–water partition coefficient (Wildman–Crippen LogP) is 2.54. The van der Waals surface area contributed by atoms with E-state index in [1.165, 1.54) is 0 Å². The van der Waals surface area contributed by atoms with Crippen molar-refractivity contribution >= 4 is 17.6 Å². The van der Waals surface area contributed by atoms with E-state index in [1.807, 2.05) is 30.3 Å². The van der Waals surface area contributed by atoms with Gasteiger partial charge >= 0.3 is 6.09 Å². The molecule has 98 valence electrons. The third kappa shape index (κ3) is 3.99. The number of nitrogens with zero attached hydrogens (tertiary/aromatic N) is 1. The fourth-order valence-electron chi connectivity index (χ4n) is 1.85. The smallest absolute Gasteiger partial charge is 0.410 e. The number of hydrogen-bond acceptors (Lipinski definition) is 3. The number of carbonyl (C=O) groups is 1. The van der Waals surface area contributed by atoms with E-state index in [1.54, 1.807) is 12.3 Å². The molecular weight excluding hydrogens is 242 g/mol. The topological polar surface area (TPSA) is 88.2 Å². The average molecular weight is 257 g/mol. The van der Waals surface area contributed by atoms with Gasteiger partial charge in [0.25, 0.3) is 0 Å². The highest BCUT2D eigenvalue weighted by Crippen LogP contribution is 2.12. The van der Waals surface area contributed by atoms with E-state index in [2.05, 4.69) is 10.3 Å². The van der Waals surface area contributed by atoms with Crippen LogP contribution in [0.1, 0.15) is 11.1 Å². The van der Waals surface area contributed by atoms with Crippen molar-refractivity contribution in [3.8, 4) is 0 Å². The molecule has 1 amide bonds. The summed E-state index contributed by atoms with van der Waals surface area (Å²) in [5.74, 6) is 0.345. The molecule has 0 unspecified atom stereocenters. The van der Waals surface area contributed by atoms with Crippen molar-refractivity contribution in [2.24, 2.45) is 0 Å². The Morgan fingerprint density at radius 1 is 1.21 bits per heavy atom. The lowest BCUT2D eigenvalue weighted by Gasteiger charge is -2.05. The van der Waals surface area contributed by atoms with Crippen LogP contribution in [0.25, 0.3) is 0 Å². The van der Waals surface area contributed by atoms with Gasteiger partial charge in [-0.3, -0.25) is 5.32 Å². The molecule has 1 heterocycles. The lowest BCUT2D eigenvalue weighted by molar-refractivity contribution is 0.209. The monoisotopic (exact) mass is 257 g/mol. The second-order valence-corrected chi connectivity index (χ2v) is 4.22. The maximum atomic E-state index is 10.5. The molecule has 0 radical (unpaired) electrons. The summed E-state index contributed by atoms with van der Waals surface area (Å²) in [4.78, 5) is 14.5. The van der Waals surface area contributed by atoms with E-state index in [9.17, 15) is 4.79 Å². The van der Waals surface area contributed by atoms with Crippen molar-refractivity contribution < 1.29 is 9.90 Å². The van der Waals surface area contributed by atoms with Crippen LogP contribution in [0.2, 0.25) is 0 Å². The summed E-state index contributed by atoms with van der Waals surface area (Å²) in [6.45, 7) is 0. The van der Waals surface area contributed by atoms with Crippen LogP contribution in [0.15, 0.2) is 42.6 Å². The fourth-order valence-corrected chi connectivity index (χ4v) is 1.85. The number of carboxylic acid groups (broad SMARTS) is 1. The molecule has 4 N–H and O–H groups in total. The first kappa shape index (κ1) is 12.9. The van der Waals surface area contributed by atoms with Gasteiger partial charge in [0, 0.05) is 11.9 Å². The first-order valence-corrected chi connectivity index (χ1v) is 5.93. The van der Waals surface area contributed by atoms with E-state index in [-0.39, 0.29) is 0 Å². The Kier molecular flexibility index (Phi) is 3.97. The molecule has 2 rings (SSSR count). The van der Waals surface area contributed by atoms with Gasteiger partial charge < -0.3 is 10.8 Å². The molecule has 0 bridgehead atoms. The number of amides is 1. The summed E-state index contributed by atoms with van der Waals surface area (Å²) in [5, 5.41) is 10.9. The lowest BCUT2D eigenvalue weighted by atomic mass is 10.0. The Balaban J connectivity index is 2.01. The van der Waals surface area contributed by atoms with Crippen LogP contribution in [-0.2, 0) is 12.8 Å². The number of nitrogens with two attached hydrogens (primary N) is 1. The van der Waals surface area contributed by atoms with Gasteiger partial charge in [0.15, 0.2) is 0 Å². The predicted molar refractivity (Wildman–Crippen MR) is 74.1 cm³/mol. The number of aromatic nitrogens is 1. The van der Waals surface area contributed by atoms with Crippen LogP contribution in [-0.4, -0.2) is 16.2 Å². The summed E-state index contributed by atoms with van der Waals surface area (Å²) in [7, 11) is 0. The van der Waals surface area contributed by atoms with Crippen LogP contribution in [0.4, 0.5) is 16.3 Å². The molecule has 0 aliphatic carbocycles. The maximum absolute atomic E-state index is 10.5. The number of benzene rings is 1. The molecule has 0 spiro atoms. The number of nitrogen functional groups attached to an aromatic ring is 1. The summed E-state index contributed by atoms with van der Waals surface area (Å²) < 4.78 is 0. The maximum Gasteiger partial charge on any atom is 0.410 e. The number of hydrogen-bond donors (Lipinski definition) is 3. The summed E-state index contributed by atoms with van der Waals surface area (Å²) in [6, 6.07) is 11.4. The van der Waals surface area contributed by atoms with Crippen molar-refractivity contribution in [1.29, 1.82) is 0 Å². The van der Waals surface area contributed by atoms with Crippen molar-refractivity contribution in [2.75, 3.05) is 11.1 Å². The highest BCUT2D eigenvalue weighted by atomic mass is 16.4. The molecule has 2 aromatic rings. The van der Waals surface area contributed by atoms with Crippen molar-refractivity contribution in [2.45, 2.75) is 12.8 Å². The Labute approximate surface area is 111 Å². The minimum atomic E-state index is -1.11. The highest BCUT2D eigenvalue weighted by Gasteiger charge is 2.01. The first-order chi connectivity index (χ1) is 9.13. The van der Waals surface area contributed by atoms with Gasteiger partial charge in [-0.25, -0.2) is 9.78 Å². The molecule has 19 heavy (non-hydrogen) atoms. The van der Waals surface area contributed by atoms with Gasteiger partial charge in [-0.05, 0) is 48.2 Å². The zero-order valence-electron chi connectivity index (χ0n) is 10.3. The summed E-state index contributed by atoms with van der Waals surface area (Å²) >= 11 is 0. The van der Waals surface area contributed by atoms with Crippen LogP contribution < -0.4 is 11.1 Å². The van der Waals surface area contributed by atoms with E-state index in [0.29, 0.717) is 5.82 Å². The minimum Gasteiger partial charge on any atom is -0.465 e. The molecule has 0 aliphatic rings. The second-order valence-electron chi connectivity index (χ2n) is 4.22. The molecule has 0 saturated carbocycles. The Hall–Kier alpha value is -2.56. The van der Waals surface area contributed by atoms with Crippen LogP contribution in [0.3, 0.4) is 0 Å². The van der Waals surface area contributed by atoms with Gasteiger partial charge in [0.1, 0.15) is 5.82 Å². The third-order valence-corrected chi connectivity index (χ3v) is 2.71. The van der Waals surface area contributed by atoms with Crippen LogP contribution >= 0.6 is 0 Å². The van der Waals surface area contributed by atoms with Gasteiger partial charge in [-0.15, -0.1) is 0 Å². The summed E-state index contributed by atoms with van der Waals surface area (Å²) in [6.07, 6.45) is 2.14. The molecule has 1 aromatic heterocycles. The molecule has 0 fully saturated rings. The Morgan fingerprint density at radius 2 is 1.95 bits per heavy atom. The Morgan fingerprint density at radius 3 is 2.63 bits per heavy atom. The van der Waals surface area contributed by atoms with Gasteiger partial charge in [0.05, 0.1) is 0 Å². The largest absolute Gasteiger partial charge is 0.465 e. The van der Waals surface area contributed by atoms with E-state index in [4.69, 9.17) is 10.8 Å². The zero-order chi connectivity index (χ0) is 13.7. The molecular formula is C14H15N3O2. The second kappa shape index (κ2) is 5.86. The van der Waals surface area contributed by atoms with Crippen molar-refractivity contribution in [1.82, 2.24) is 4.98 Å². The standard InChI is InChI=1S/C14H15N3O2/c15-12-3-1-2-10(8-12)4-5-11-6-7-16-13(9-11)17-14(18)19/h1-3,6-9H,4-5,15H2,(H,16,17)(H,18,19). The van der Waals surface area contributed by atoms with E-state index >= 15 is 0 Å². The fraction of sp³-hybridized carbons (Fsp3) is 0.143. The molecule has 0 atom stereocenters. The minimum absolute atomic E-state index is 0.345. The van der Waals surface area contributed by atoms with Gasteiger partial charge in [-0.2, -0.15) is 0 Å². The number of nitrogens with one attached hydrogen (secondary N) is 1. The molecule has 1 aromatic carbocycles. The lowest BCUT2D eigenvalue weighted by Crippen LogP contribution is -2.08. The zero-order valence-corrected chi connectivity index (χ0v) is 10.3. The van der Waals surface area contributed by atoms with E-state index in [0.717, 1.165) is 29.7 Å². The number of anilines is 2. The van der Waals surface area contributed by atoms with Crippen LogP contribution in [0.5, 0.6) is 0 Å². The van der Waals surface area contributed by atoms with Crippen molar-refractivity contribution in [3.05, 3.63) is 53.7 Å².